The Kier molecular flexibility index (Phi) is 3.33. The second-order valence-electron chi connectivity index (χ2n) is 3.85. The lowest BCUT2D eigenvalue weighted by atomic mass is 10.1. The number of benzene rings is 1. The molecule has 1 fully saturated rings. The summed E-state index contributed by atoms with van der Waals surface area (Å²) < 4.78 is 5.31. The van der Waals surface area contributed by atoms with E-state index in [2.05, 4.69) is 6.07 Å². The summed E-state index contributed by atoms with van der Waals surface area (Å²) in [5.74, 6) is 0. The monoisotopic (exact) mass is 203 g/mol. The number of hydrogen-bond acceptors (Lipinski definition) is 2. The Hall–Kier alpha value is -1.37. The first-order valence-corrected chi connectivity index (χ1v) is 5.29. The van der Waals surface area contributed by atoms with Gasteiger partial charge in [0.25, 0.3) is 0 Å². The predicted molar refractivity (Wildman–Crippen MR) is 56.4 cm³/mol. The van der Waals surface area contributed by atoms with Crippen LogP contribution in [0.1, 0.15) is 11.1 Å². The molecular formula is C12H15N2O+. The summed E-state index contributed by atoms with van der Waals surface area (Å²) in [6.45, 7) is 4.94. The molecule has 0 atom stereocenters. The molecule has 2 rings (SSSR count). The Balaban J connectivity index is 1.95. The number of nitrogens with one attached hydrogen (secondary N) is 1. The van der Waals surface area contributed by atoms with Gasteiger partial charge in [0.05, 0.1) is 24.8 Å². The largest absolute Gasteiger partial charge is 0.370 e. The molecule has 0 bridgehead atoms. The molecule has 3 heteroatoms. The molecular weight excluding hydrogens is 188 g/mol. The maximum atomic E-state index is 8.68. The second kappa shape index (κ2) is 4.92. The number of nitrogens with zero attached hydrogens (tertiary/aromatic N) is 1. The molecule has 1 aliphatic rings. The molecule has 0 amide bonds. The Bertz CT molecular complexity index is 347. The highest BCUT2D eigenvalue weighted by molar-refractivity contribution is 5.31. The van der Waals surface area contributed by atoms with E-state index < -0.39 is 0 Å². The van der Waals surface area contributed by atoms with E-state index >= 15 is 0 Å². The molecule has 1 heterocycles. The zero-order chi connectivity index (χ0) is 10.5. The summed E-state index contributed by atoms with van der Waals surface area (Å²) in [5.41, 5.74) is 2.03. The summed E-state index contributed by atoms with van der Waals surface area (Å²) in [7, 11) is 0. The zero-order valence-electron chi connectivity index (χ0n) is 8.70. The van der Waals surface area contributed by atoms with Gasteiger partial charge in [-0.05, 0) is 12.1 Å². The molecule has 0 radical (unpaired) electrons. The first-order valence-electron chi connectivity index (χ1n) is 5.29. The zero-order valence-corrected chi connectivity index (χ0v) is 8.70. The van der Waals surface area contributed by atoms with Crippen LogP contribution in [0.3, 0.4) is 0 Å². The molecule has 1 aliphatic heterocycles. The first-order chi connectivity index (χ1) is 7.38. The van der Waals surface area contributed by atoms with Gasteiger partial charge in [-0.1, -0.05) is 12.1 Å². The maximum absolute atomic E-state index is 8.68. The fraction of sp³-hybridized carbons (Fsp3) is 0.417. The molecule has 0 saturated carbocycles. The smallest absolute Gasteiger partial charge is 0.103 e. The van der Waals surface area contributed by atoms with Crippen LogP contribution in [0.5, 0.6) is 0 Å². The maximum Gasteiger partial charge on any atom is 0.103 e. The van der Waals surface area contributed by atoms with Gasteiger partial charge in [0, 0.05) is 5.56 Å². The van der Waals surface area contributed by atoms with Crippen molar-refractivity contribution < 1.29 is 9.64 Å². The van der Waals surface area contributed by atoms with Crippen LogP contribution in [0.2, 0.25) is 0 Å². The van der Waals surface area contributed by atoms with Crippen molar-refractivity contribution in [1.29, 1.82) is 5.26 Å². The lowest BCUT2D eigenvalue weighted by Gasteiger charge is -2.23. The molecule has 15 heavy (non-hydrogen) atoms. The average Bonchev–Trinajstić information content (AvgIpc) is 2.31. The van der Waals surface area contributed by atoms with Gasteiger partial charge in [-0.2, -0.15) is 5.26 Å². The third-order valence-corrected chi connectivity index (χ3v) is 2.74. The van der Waals surface area contributed by atoms with Crippen molar-refractivity contribution in [3.05, 3.63) is 35.4 Å². The number of ether oxygens (including phenoxy) is 1. The Morgan fingerprint density at radius 1 is 1.20 bits per heavy atom. The van der Waals surface area contributed by atoms with Gasteiger partial charge in [0.15, 0.2) is 0 Å². The molecule has 1 saturated heterocycles. The molecule has 0 aromatic heterocycles. The van der Waals surface area contributed by atoms with E-state index in [0.29, 0.717) is 0 Å². The van der Waals surface area contributed by atoms with Gasteiger partial charge in [-0.15, -0.1) is 0 Å². The third-order valence-electron chi connectivity index (χ3n) is 2.74. The van der Waals surface area contributed by atoms with Crippen LogP contribution in [-0.2, 0) is 11.3 Å². The number of nitriles is 1. The highest BCUT2D eigenvalue weighted by Gasteiger charge is 2.13. The summed E-state index contributed by atoms with van der Waals surface area (Å²) in [4.78, 5) is 1.56. The summed E-state index contributed by atoms with van der Waals surface area (Å²) in [6, 6.07) is 9.98. The Morgan fingerprint density at radius 2 is 1.87 bits per heavy atom. The van der Waals surface area contributed by atoms with Crippen molar-refractivity contribution in [2.45, 2.75) is 6.54 Å². The summed E-state index contributed by atoms with van der Waals surface area (Å²) >= 11 is 0. The lowest BCUT2D eigenvalue weighted by Crippen LogP contribution is -3.12. The van der Waals surface area contributed by atoms with E-state index in [9.17, 15) is 0 Å². The van der Waals surface area contributed by atoms with Crippen molar-refractivity contribution in [2.75, 3.05) is 26.3 Å². The molecule has 0 unspecified atom stereocenters. The van der Waals surface area contributed by atoms with Gasteiger partial charge in [0.1, 0.15) is 19.6 Å². The Morgan fingerprint density at radius 3 is 2.47 bits per heavy atom. The molecule has 0 aliphatic carbocycles. The van der Waals surface area contributed by atoms with Crippen molar-refractivity contribution >= 4 is 0 Å². The summed E-state index contributed by atoms with van der Waals surface area (Å²) in [5, 5.41) is 8.68. The van der Waals surface area contributed by atoms with E-state index in [0.717, 1.165) is 38.4 Å². The third kappa shape index (κ3) is 2.79. The average molecular weight is 203 g/mol. The minimum atomic E-state index is 0.732. The van der Waals surface area contributed by atoms with Crippen LogP contribution >= 0.6 is 0 Å². The van der Waals surface area contributed by atoms with Crippen LogP contribution in [0.4, 0.5) is 0 Å². The van der Waals surface area contributed by atoms with E-state index in [-0.39, 0.29) is 0 Å². The van der Waals surface area contributed by atoms with Crippen LogP contribution in [0.15, 0.2) is 24.3 Å². The van der Waals surface area contributed by atoms with E-state index in [1.54, 1.807) is 4.90 Å². The minimum absolute atomic E-state index is 0.732. The van der Waals surface area contributed by atoms with Crippen molar-refractivity contribution in [1.82, 2.24) is 0 Å². The number of rotatable bonds is 2. The second-order valence-corrected chi connectivity index (χ2v) is 3.85. The van der Waals surface area contributed by atoms with Crippen LogP contribution in [0.25, 0.3) is 0 Å². The van der Waals surface area contributed by atoms with Crippen molar-refractivity contribution in [2.24, 2.45) is 0 Å². The van der Waals surface area contributed by atoms with Crippen molar-refractivity contribution in [3.63, 3.8) is 0 Å². The fourth-order valence-electron chi connectivity index (χ4n) is 1.82. The number of hydrogen-bond donors (Lipinski definition) is 1. The van der Waals surface area contributed by atoms with Crippen molar-refractivity contribution in [3.8, 4) is 6.07 Å². The highest BCUT2D eigenvalue weighted by atomic mass is 16.5. The van der Waals surface area contributed by atoms with Gasteiger partial charge in [-0.25, -0.2) is 0 Å². The quantitative estimate of drug-likeness (QED) is 0.733. The van der Waals surface area contributed by atoms with E-state index in [1.807, 2.05) is 24.3 Å². The molecule has 1 aromatic rings. The van der Waals surface area contributed by atoms with Gasteiger partial charge in [0.2, 0.25) is 0 Å². The predicted octanol–water partition coefficient (Wildman–Crippen LogP) is -0.0266. The topological polar surface area (TPSA) is 37.5 Å². The van der Waals surface area contributed by atoms with E-state index in [1.165, 1.54) is 5.56 Å². The fourth-order valence-corrected chi connectivity index (χ4v) is 1.82. The van der Waals surface area contributed by atoms with Crippen LogP contribution in [-0.4, -0.2) is 26.3 Å². The lowest BCUT2D eigenvalue weighted by molar-refractivity contribution is -0.921. The van der Waals surface area contributed by atoms with Gasteiger partial charge in [-0.3, -0.25) is 0 Å². The molecule has 0 spiro atoms. The van der Waals surface area contributed by atoms with Gasteiger partial charge < -0.3 is 9.64 Å². The number of quaternary nitrogens is 1. The number of morpholine rings is 1. The SMILES string of the molecule is N#Cc1ccc(C[NH+]2CCOCC2)cc1. The minimum Gasteiger partial charge on any atom is -0.370 e. The standard InChI is InChI=1S/C12H14N2O/c13-9-11-1-3-12(4-2-11)10-14-5-7-15-8-6-14/h1-4H,5-8,10H2/p+1. The highest BCUT2D eigenvalue weighted by Crippen LogP contribution is 2.01. The van der Waals surface area contributed by atoms with Crippen LogP contribution in [0, 0.1) is 11.3 Å². The van der Waals surface area contributed by atoms with Gasteiger partial charge >= 0.3 is 0 Å². The molecule has 1 aromatic carbocycles. The molecule has 1 N–H and O–H groups in total. The molecule has 78 valence electrons. The molecule has 3 nitrogen and oxygen atoms in total. The van der Waals surface area contributed by atoms with E-state index in [4.69, 9.17) is 10.00 Å². The van der Waals surface area contributed by atoms with Crippen LogP contribution < -0.4 is 4.90 Å². The summed E-state index contributed by atoms with van der Waals surface area (Å²) in [6.07, 6.45) is 0. The first kappa shape index (κ1) is 10.2. The normalized spacial score (nSPS) is 17.3. The Labute approximate surface area is 89.9 Å².